The summed E-state index contributed by atoms with van der Waals surface area (Å²) in [5.41, 5.74) is 1.36. The lowest BCUT2D eigenvalue weighted by Crippen LogP contribution is -2.36. The Hall–Kier alpha value is 0.140. The van der Waals surface area contributed by atoms with Crippen LogP contribution in [-0.4, -0.2) is 18.0 Å². The number of nitrogens with zero attached hydrogens (tertiary/aromatic N) is 1. The Morgan fingerprint density at radius 2 is 1.77 bits per heavy atom. The van der Waals surface area contributed by atoms with Crippen LogP contribution in [0.15, 0.2) is 27.1 Å². The molecule has 0 amide bonds. The molecule has 0 aliphatic carbocycles. The van der Waals surface area contributed by atoms with Gasteiger partial charge in [-0.2, -0.15) is 0 Å². The van der Waals surface area contributed by atoms with Crippen molar-refractivity contribution in [1.29, 1.82) is 0 Å². The lowest BCUT2D eigenvalue weighted by Gasteiger charge is -2.31. The second-order valence-electron chi connectivity index (χ2n) is 3.33. The molecular formula is C10H11Br2N. The van der Waals surface area contributed by atoms with Gasteiger partial charge in [0.1, 0.15) is 0 Å². The predicted molar refractivity (Wildman–Crippen MR) is 61.7 cm³/mol. The van der Waals surface area contributed by atoms with Crippen LogP contribution in [-0.2, 0) is 6.54 Å². The third kappa shape index (κ3) is 2.14. The van der Waals surface area contributed by atoms with Crippen LogP contribution in [0.1, 0.15) is 12.0 Å². The zero-order valence-electron chi connectivity index (χ0n) is 7.26. The molecule has 1 saturated heterocycles. The van der Waals surface area contributed by atoms with Crippen molar-refractivity contribution in [2.45, 2.75) is 13.0 Å². The molecule has 1 nitrogen and oxygen atoms in total. The van der Waals surface area contributed by atoms with Gasteiger partial charge in [0.2, 0.25) is 0 Å². The van der Waals surface area contributed by atoms with Gasteiger partial charge in [0.25, 0.3) is 0 Å². The summed E-state index contributed by atoms with van der Waals surface area (Å²) in [5, 5.41) is 0. The Morgan fingerprint density at radius 3 is 2.23 bits per heavy atom. The van der Waals surface area contributed by atoms with Crippen LogP contribution in [0.5, 0.6) is 0 Å². The lowest BCUT2D eigenvalue weighted by atomic mass is 10.1. The van der Waals surface area contributed by atoms with Crippen LogP contribution in [0.3, 0.4) is 0 Å². The van der Waals surface area contributed by atoms with E-state index in [-0.39, 0.29) is 0 Å². The highest BCUT2D eigenvalue weighted by Crippen LogP contribution is 2.27. The lowest BCUT2D eigenvalue weighted by molar-refractivity contribution is 0.172. The number of hydrogen-bond acceptors (Lipinski definition) is 1. The summed E-state index contributed by atoms with van der Waals surface area (Å²) in [6.45, 7) is 3.55. The minimum absolute atomic E-state index is 1.06. The first-order chi connectivity index (χ1) is 6.27. The summed E-state index contributed by atoms with van der Waals surface area (Å²) in [7, 11) is 0. The van der Waals surface area contributed by atoms with Gasteiger partial charge in [-0.3, -0.25) is 4.90 Å². The number of halogens is 2. The molecule has 1 aromatic rings. The van der Waals surface area contributed by atoms with Gasteiger partial charge in [0, 0.05) is 15.5 Å². The Morgan fingerprint density at radius 1 is 1.15 bits per heavy atom. The number of benzene rings is 1. The summed E-state index contributed by atoms with van der Waals surface area (Å²) < 4.78 is 2.41. The first-order valence-electron chi connectivity index (χ1n) is 4.42. The third-order valence-electron chi connectivity index (χ3n) is 2.39. The second kappa shape index (κ2) is 4.11. The minimum atomic E-state index is 1.06. The van der Waals surface area contributed by atoms with Gasteiger partial charge in [0.05, 0.1) is 0 Å². The fraction of sp³-hybridized carbons (Fsp3) is 0.400. The molecule has 1 aliphatic rings. The highest BCUT2D eigenvalue weighted by molar-refractivity contribution is 9.11. The van der Waals surface area contributed by atoms with Gasteiger partial charge in [-0.25, -0.2) is 0 Å². The summed E-state index contributed by atoms with van der Waals surface area (Å²) >= 11 is 7.14. The maximum Gasteiger partial charge on any atom is 0.0256 e. The fourth-order valence-electron chi connectivity index (χ4n) is 1.45. The average molecular weight is 305 g/mol. The van der Waals surface area contributed by atoms with E-state index in [4.69, 9.17) is 0 Å². The monoisotopic (exact) mass is 303 g/mol. The van der Waals surface area contributed by atoms with E-state index in [0.717, 1.165) is 6.54 Å². The van der Waals surface area contributed by atoms with Gasteiger partial charge >= 0.3 is 0 Å². The van der Waals surface area contributed by atoms with Crippen molar-refractivity contribution in [2.75, 3.05) is 13.1 Å². The topological polar surface area (TPSA) is 3.24 Å². The van der Waals surface area contributed by atoms with E-state index in [1.807, 2.05) is 6.07 Å². The zero-order chi connectivity index (χ0) is 9.26. The van der Waals surface area contributed by atoms with E-state index in [2.05, 4.69) is 48.9 Å². The fourth-order valence-corrected chi connectivity index (χ4v) is 2.70. The van der Waals surface area contributed by atoms with Gasteiger partial charge in [-0.05, 0) is 37.2 Å². The Balaban J connectivity index is 2.17. The minimum Gasteiger partial charge on any atom is -0.299 e. The molecule has 1 aromatic carbocycles. The largest absolute Gasteiger partial charge is 0.299 e. The SMILES string of the molecule is Brc1cccc(Br)c1CN1CCC1. The van der Waals surface area contributed by atoms with Crippen molar-refractivity contribution < 1.29 is 0 Å². The van der Waals surface area contributed by atoms with Crippen LogP contribution in [0.2, 0.25) is 0 Å². The molecule has 2 rings (SSSR count). The van der Waals surface area contributed by atoms with Crippen molar-refractivity contribution in [3.05, 3.63) is 32.7 Å². The molecule has 3 heteroatoms. The molecule has 0 aromatic heterocycles. The average Bonchev–Trinajstić information content (AvgIpc) is 2.00. The van der Waals surface area contributed by atoms with E-state index in [1.54, 1.807) is 0 Å². The normalized spacial score (nSPS) is 17.1. The Labute approximate surface area is 95.4 Å². The van der Waals surface area contributed by atoms with Gasteiger partial charge in [-0.1, -0.05) is 37.9 Å². The Bertz CT molecular complexity index is 288. The quantitative estimate of drug-likeness (QED) is 0.809. The molecule has 70 valence electrons. The Kier molecular flexibility index (Phi) is 3.06. The van der Waals surface area contributed by atoms with Crippen LogP contribution < -0.4 is 0 Å². The number of rotatable bonds is 2. The molecule has 0 radical (unpaired) electrons. The van der Waals surface area contributed by atoms with Crippen molar-refractivity contribution in [1.82, 2.24) is 4.90 Å². The van der Waals surface area contributed by atoms with Crippen molar-refractivity contribution in [3.8, 4) is 0 Å². The smallest absolute Gasteiger partial charge is 0.0256 e. The summed E-state index contributed by atoms with van der Waals surface area (Å²) in [4.78, 5) is 2.45. The third-order valence-corrected chi connectivity index (χ3v) is 3.88. The highest BCUT2D eigenvalue weighted by atomic mass is 79.9. The molecule has 0 bridgehead atoms. The van der Waals surface area contributed by atoms with Gasteiger partial charge in [0.15, 0.2) is 0 Å². The molecule has 1 heterocycles. The van der Waals surface area contributed by atoms with Gasteiger partial charge in [-0.15, -0.1) is 0 Å². The molecular weight excluding hydrogens is 294 g/mol. The first kappa shape index (κ1) is 9.69. The standard InChI is InChI=1S/C10H11Br2N/c11-9-3-1-4-10(12)8(9)7-13-5-2-6-13/h1,3-4H,2,5-7H2. The molecule has 0 atom stereocenters. The molecule has 0 saturated carbocycles. The highest BCUT2D eigenvalue weighted by Gasteiger charge is 2.16. The van der Waals surface area contributed by atoms with E-state index in [1.165, 1.54) is 34.0 Å². The maximum absolute atomic E-state index is 3.57. The molecule has 1 fully saturated rings. The predicted octanol–water partition coefficient (Wildman–Crippen LogP) is 3.42. The molecule has 0 spiro atoms. The molecule has 0 N–H and O–H groups in total. The molecule has 13 heavy (non-hydrogen) atoms. The van der Waals surface area contributed by atoms with E-state index in [0.29, 0.717) is 0 Å². The summed E-state index contributed by atoms with van der Waals surface area (Å²) in [5.74, 6) is 0. The van der Waals surface area contributed by atoms with Crippen LogP contribution in [0.25, 0.3) is 0 Å². The molecule has 0 unspecified atom stereocenters. The van der Waals surface area contributed by atoms with Crippen LogP contribution in [0.4, 0.5) is 0 Å². The van der Waals surface area contributed by atoms with Gasteiger partial charge < -0.3 is 0 Å². The van der Waals surface area contributed by atoms with E-state index >= 15 is 0 Å². The van der Waals surface area contributed by atoms with E-state index in [9.17, 15) is 0 Å². The van der Waals surface area contributed by atoms with Crippen molar-refractivity contribution in [3.63, 3.8) is 0 Å². The van der Waals surface area contributed by atoms with Crippen molar-refractivity contribution >= 4 is 31.9 Å². The summed E-state index contributed by atoms with van der Waals surface area (Å²) in [6, 6.07) is 6.24. The molecule has 1 aliphatic heterocycles. The second-order valence-corrected chi connectivity index (χ2v) is 5.04. The van der Waals surface area contributed by atoms with Crippen molar-refractivity contribution in [2.24, 2.45) is 0 Å². The number of hydrogen-bond donors (Lipinski definition) is 0. The first-order valence-corrected chi connectivity index (χ1v) is 6.01. The number of likely N-dealkylation sites (tertiary alicyclic amines) is 1. The van der Waals surface area contributed by atoms with E-state index < -0.39 is 0 Å². The zero-order valence-corrected chi connectivity index (χ0v) is 10.4. The van der Waals surface area contributed by atoms with Crippen LogP contribution in [0, 0.1) is 0 Å². The summed E-state index contributed by atoms with van der Waals surface area (Å²) in [6.07, 6.45) is 1.35. The van der Waals surface area contributed by atoms with Crippen LogP contribution >= 0.6 is 31.9 Å². The maximum atomic E-state index is 3.57.